The van der Waals surface area contributed by atoms with Gasteiger partial charge in [0.25, 0.3) is 5.56 Å². The second-order valence-corrected chi connectivity index (χ2v) is 8.25. The van der Waals surface area contributed by atoms with Gasteiger partial charge in [-0.1, -0.05) is 0 Å². The van der Waals surface area contributed by atoms with E-state index in [1.165, 1.54) is 5.56 Å². The van der Waals surface area contributed by atoms with E-state index in [9.17, 15) is 4.79 Å². The highest BCUT2D eigenvalue weighted by atomic mass is 35.5. The Morgan fingerprint density at radius 1 is 1.28 bits per heavy atom. The summed E-state index contributed by atoms with van der Waals surface area (Å²) in [7, 11) is 0. The zero-order chi connectivity index (χ0) is 17.2. The van der Waals surface area contributed by atoms with Crippen LogP contribution in [0.3, 0.4) is 0 Å². The maximum atomic E-state index is 12.2. The van der Waals surface area contributed by atoms with Gasteiger partial charge >= 0.3 is 0 Å². The Balaban J connectivity index is 1.55. The number of pyridine rings is 1. The number of fused-ring (bicyclic) bond motifs is 3. The van der Waals surface area contributed by atoms with Gasteiger partial charge in [-0.2, -0.15) is 11.8 Å². The number of hydrogen-bond donors (Lipinski definition) is 1. The van der Waals surface area contributed by atoms with E-state index in [-0.39, 0.29) is 11.7 Å². The molecule has 2 aliphatic rings. The average Bonchev–Trinajstić information content (AvgIpc) is 2.64. The van der Waals surface area contributed by atoms with Crippen molar-refractivity contribution in [2.24, 2.45) is 0 Å². The topological polar surface area (TPSA) is 45.3 Å². The summed E-state index contributed by atoms with van der Waals surface area (Å²) in [6.07, 6.45) is 3.30. The monoisotopic (exact) mass is 378 g/mol. The molecule has 0 bridgehead atoms. The number of aromatic nitrogens is 1. The molecule has 1 aromatic heterocycles. The SMILES string of the molecule is O=c1[nH]c2ccc(OC3CCN(CCCl)CC3)cc2c2c1CSCC2. The van der Waals surface area contributed by atoms with E-state index in [1.54, 1.807) is 0 Å². The largest absolute Gasteiger partial charge is 0.490 e. The molecular formula is C19H23ClN2O2S. The van der Waals surface area contributed by atoms with Gasteiger partial charge in [-0.05, 0) is 48.8 Å². The van der Waals surface area contributed by atoms with Crippen molar-refractivity contribution in [3.8, 4) is 5.75 Å². The summed E-state index contributed by atoms with van der Waals surface area (Å²) >= 11 is 7.66. The first-order valence-electron chi connectivity index (χ1n) is 8.95. The quantitative estimate of drug-likeness (QED) is 0.828. The molecule has 0 aliphatic carbocycles. The van der Waals surface area contributed by atoms with Gasteiger partial charge in [-0.25, -0.2) is 0 Å². The Hall–Kier alpha value is -1.17. The number of benzene rings is 1. The minimum Gasteiger partial charge on any atom is -0.490 e. The predicted octanol–water partition coefficient (Wildman–Crippen LogP) is 3.40. The first-order chi connectivity index (χ1) is 12.2. The maximum Gasteiger partial charge on any atom is 0.252 e. The lowest BCUT2D eigenvalue weighted by molar-refractivity contribution is 0.104. The lowest BCUT2D eigenvalue weighted by Gasteiger charge is -2.31. The molecule has 0 unspecified atom stereocenters. The highest BCUT2D eigenvalue weighted by Crippen LogP contribution is 2.30. The smallest absolute Gasteiger partial charge is 0.252 e. The van der Waals surface area contributed by atoms with Crippen LogP contribution in [0.4, 0.5) is 0 Å². The van der Waals surface area contributed by atoms with Crippen molar-refractivity contribution >= 4 is 34.3 Å². The summed E-state index contributed by atoms with van der Waals surface area (Å²) < 4.78 is 6.25. The van der Waals surface area contributed by atoms with Gasteiger partial charge in [-0.15, -0.1) is 11.6 Å². The van der Waals surface area contributed by atoms with Crippen LogP contribution in [0, 0.1) is 0 Å². The number of thioether (sulfide) groups is 1. The Morgan fingerprint density at radius 2 is 2.12 bits per heavy atom. The van der Waals surface area contributed by atoms with Crippen LogP contribution in [0.5, 0.6) is 5.75 Å². The molecule has 1 N–H and O–H groups in total. The number of piperidine rings is 1. The molecule has 2 aromatic rings. The lowest BCUT2D eigenvalue weighted by atomic mass is 10.0. The molecule has 4 rings (SSSR count). The van der Waals surface area contributed by atoms with Gasteiger partial charge in [0.05, 0.1) is 0 Å². The summed E-state index contributed by atoms with van der Waals surface area (Å²) in [6.45, 7) is 3.05. The first kappa shape index (κ1) is 17.3. The van der Waals surface area contributed by atoms with E-state index in [0.717, 1.165) is 72.6 Å². The van der Waals surface area contributed by atoms with Crippen LogP contribution in [0.1, 0.15) is 24.0 Å². The van der Waals surface area contributed by atoms with Crippen LogP contribution >= 0.6 is 23.4 Å². The number of hydrogen-bond acceptors (Lipinski definition) is 4. The molecule has 1 fully saturated rings. The highest BCUT2D eigenvalue weighted by Gasteiger charge is 2.21. The number of likely N-dealkylation sites (tertiary alicyclic amines) is 1. The van der Waals surface area contributed by atoms with Crippen molar-refractivity contribution in [1.29, 1.82) is 0 Å². The predicted molar refractivity (Wildman–Crippen MR) is 105 cm³/mol. The first-order valence-corrected chi connectivity index (χ1v) is 10.6. The van der Waals surface area contributed by atoms with Crippen LogP contribution < -0.4 is 10.3 Å². The van der Waals surface area contributed by atoms with E-state index < -0.39 is 0 Å². The number of nitrogens with one attached hydrogen (secondary N) is 1. The van der Waals surface area contributed by atoms with Gasteiger partial charge in [0.2, 0.25) is 0 Å². The third-order valence-corrected chi connectivity index (χ3v) is 6.34. The Labute approximate surface area is 156 Å². The van der Waals surface area contributed by atoms with Gasteiger partial charge in [0, 0.05) is 47.7 Å². The zero-order valence-electron chi connectivity index (χ0n) is 14.2. The van der Waals surface area contributed by atoms with Crippen molar-refractivity contribution in [1.82, 2.24) is 9.88 Å². The molecular weight excluding hydrogens is 356 g/mol. The zero-order valence-corrected chi connectivity index (χ0v) is 15.8. The van der Waals surface area contributed by atoms with Gasteiger partial charge in [-0.3, -0.25) is 4.79 Å². The molecule has 6 heteroatoms. The van der Waals surface area contributed by atoms with Crippen molar-refractivity contribution in [2.45, 2.75) is 31.1 Å². The second kappa shape index (κ2) is 7.60. The minimum absolute atomic E-state index is 0.0648. The number of H-pyrrole nitrogens is 1. The molecule has 1 saturated heterocycles. The van der Waals surface area contributed by atoms with Crippen molar-refractivity contribution in [3.05, 3.63) is 39.7 Å². The van der Waals surface area contributed by atoms with Crippen molar-refractivity contribution < 1.29 is 4.74 Å². The molecule has 0 spiro atoms. The Morgan fingerprint density at radius 3 is 2.92 bits per heavy atom. The number of alkyl halides is 1. The lowest BCUT2D eigenvalue weighted by Crippen LogP contribution is -2.39. The number of aryl methyl sites for hydroxylation is 1. The minimum atomic E-state index is 0.0648. The molecule has 134 valence electrons. The maximum absolute atomic E-state index is 12.2. The number of aromatic amines is 1. The van der Waals surface area contributed by atoms with Crippen molar-refractivity contribution in [3.63, 3.8) is 0 Å². The third-order valence-electron chi connectivity index (χ3n) is 5.18. The third kappa shape index (κ3) is 3.69. The van der Waals surface area contributed by atoms with Gasteiger partial charge < -0.3 is 14.6 Å². The van der Waals surface area contributed by atoms with Crippen molar-refractivity contribution in [2.75, 3.05) is 31.3 Å². The Kier molecular flexibility index (Phi) is 5.25. The summed E-state index contributed by atoms with van der Waals surface area (Å²) in [6, 6.07) is 6.08. The molecule has 0 amide bonds. The van der Waals surface area contributed by atoms with Crippen LogP contribution in [0.25, 0.3) is 10.9 Å². The molecule has 2 aliphatic heterocycles. The molecule has 3 heterocycles. The van der Waals surface area contributed by atoms with E-state index >= 15 is 0 Å². The van der Waals surface area contributed by atoms with E-state index in [0.29, 0.717) is 5.88 Å². The van der Waals surface area contributed by atoms with Crippen LogP contribution in [0.2, 0.25) is 0 Å². The molecule has 0 atom stereocenters. The van der Waals surface area contributed by atoms with Gasteiger partial charge in [0.15, 0.2) is 0 Å². The summed E-state index contributed by atoms with van der Waals surface area (Å²) in [5.41, 5.74) is 3.13. The summed E-state index contributed by atoms with van der Waals surface area (Å²) in [4.78, 5) is 17.7. The Bertz CT molecular complexity index is 815. The fourth-order valence-corrected chi connectivity index (χ4v) is 5.04. The normalized spacial score (nSPS) is 19.1. The molecule has 4 nitrogen and oxygen atoms in total. The van der Waals surface area contributed by atoms with Crippen LogP contribution in [-0.4, -0.2) is 47.3 Å². The van der Waals surface area contributed by atoms with Gasteiger partial charge in [0.1, 0.15) is 11.9 Å². The molecule has 1 aromatic carbocycles. The number of nitrogens with zero attached hydrogens (tertiary/aromatic N) is 1. The summed E-state index contributed by atoms with van der Waals surface area (Å²) in [5.74, 6) is 3.49. The fourth-order valence-electron chi connectivity index (χ4n) is 3.80. The molecule has 0 radical (unpaired) electrons. The second-order valence-electron chi connectivity index (χ2n) is 6.77. The van der Waals surface area contributed by atoms with E-state index in [4.69, 9.17) is 16.3 Å². The number of ether oxygens (including phenoxy) is 1. The van der Waals surface area contributed by atoms with Crippen LogP contribution in [-0.2, 0) is 12.2 Å². The molecule has 25 heavy (non-hydrogen) atoms. The number of rotatable bonds is 4. The molecule has 0 saturated carbocycles. The summed E-state index contributed by atoms with van der Waals surface area (Å²) in [5, 5.41) is 1.15. The standard InChI is InChI=1S/C19H23ClN2O2S/c20-6-9-22-7-3-13(4-8-22)24-14-1-2-18-16(11-14)15-5-10-25-12-17(15)19(23)21-18/h1-2,11,13H,3-10,12H2,(H,21,23). The average molecular weight is 379 g/mol. The van der Waals surface area contributed by atoms with E-state index in [1.807, 2.05) is 23.9 Å². The number of halogens is 1. The fraction of sp³-hybridized carbons (Fsp3) is 0.526. The van der Waals surface area contributed by atoms with Crippen LogP contribution in [0.15, 0.2) is 23.0 Å². The highest BCUT2D eigenvalue weighted by molar-refractivity contribution is 7.98. The van der Waals surface area contributed by atoms with E-state index in [2.05, 4.69) is 16.0 Å².